The first-order chi connectivity index (χ1) is 12.3. The van der Waals surface area contributed by atoms with Crippen LogP contribution in [0.15, 0.2) is 40.3 Å². The van der Waals surface area contributed by atoms with E-state index in [2.05, 4.69) is 25.4 Å². The van der Waals surface area contributed by atoms with Crippen molar-refractivity contribution in [2.75, 3.05) is 12.4 Å². The van der Waals surface area contributed by atoms with Crippen LogP contribution >= 0.6 is 15.9 Å². The zero-order valence-electron chi connectivity index (χ0n) is 13.1. The van der Waals surface area contributed by atoms with Crippen molar-refractivity contribution in [3.05, 3.63) is 40.3 Å². The van der Waals surface area contributed by atoms with Crippen LogP contribution < -0.4 is 5.32 Å². The van der Waals surface area contributed by atoms with Gasteiger partial charge in [0.2, 0.25) is 5.57 Å². The summed E-state index contributed by atoms with van der Waals surface area (Å²) in [5.41, 5.74) is -1.57. The van der Waals surface area contributed by atoms with Crippen molar-refractivity contribution in [2.45, 2.75) is 18.5 Å². The van der Waals surface area contributed by atoms with Crippen LogP contribution in [0, 0.1) is 0 Å². The minimum atomic E-state index is -6.00. The number of aliphatic hydroxyl groups is 1. The van der Waals surface area contributed by atoms with Crippen molar-refractivity contribution < 1.29 is 50.5 Å². The van der Waals surface area contributed by atoms with Crippen LogP contribution in [0.5, 0.6) is 0 Å². The average Bonchev–Trinajstić information content (AvgIpc) is 2.52. The monoisotopic (exact) mass is 465 g/mol. The number of hydrogen-bond donors (Lipinski definition) is 2. The van der Waals surface area contributed by atoms with E-state index in [1.165, 1.54) is 24.3 Å². The largest absolute Gasteiger partial charge is 0.480 e. The second-order valence-corrected chi connectivity index (χ2v) is 5.63. The number of hydrogen-bond acceptors (Lipinski definition) is 5. The van der Waals surface area contributed by atoms with Crippen LogP contribution in [0.25, 0.3) is 0 Å². The summed E-state index contributed by atoms with van der Waals surface area (Å²) >= 11 is 3.09. The Balaban J connectivity index is 3.14. The van der Waals surface area contributed by atoms with E-state index in [0.29, 0.717) is 4.47 Å². The summed E-state index contributed by atoms with van der Waals surface area (Å²) in [6, 6.07) is 5.47. The highest BCUT2D eigenvalue weighted by atomic mass is 79.9. The van der Waals surface area contributed by atoms with Gasteiger partial charge in [-0.15, -0.1) is 0 Å². The van der Waals surface area contributed by atoms with Gasteiger partial charge in [0.05, 0.1) is 7.11 Å². The summed E-state index contributed by atoms with van der Waals surface area (Å²) in [6.45, 7) is 0. The fraction of sp³-hybridized carbons (Fsp3) is 0.286. The highest BCUT2D eigenvalue weighted by Gasteiger charge is 2.60. The quantitative estimate of drug-likeness (QED) is 0.172. The summed E-state index contributed by atoms with van der Waals surface area (Å²) in [5.74, 6) is -5.47. The zero-order chi connectivity index (χ0) is 21.0. The van der Waals surface area contributed by atoms with Crippen molar-refractivity contribution >= 4 is 33.5 Å². The second-order valence-electron chi connectivity index (χ2n) is 4.71. The molecule has 1 aromatic rings. The summed E-state index contributed by atoms with van der Waals surface area (Å²) in [7, 11) is 0.723. The van der Waals surface area contributed by atoms with Crippen LogP contribution in [0.3, 0.4) is 0 Å². The molecule has 0 saturated heterocycles. The third-order valence-corrected chi connectivity index (χ3v) is 3.29. The second kappa shape index (κ2) is 8.50. The standard InChI is InChI=1S/C14H10BrF6NO5/c1-26-10(24)8(9(23)22-7-4-2-6(15)3-5-7)11(25)27-12(13(16,17)18)14(19,20)21/h2-5,12,24H,1H3,(H,22,23). The number of aliphatic hydroxyl groups excluding tert-OH is 1. The average molecular weight is 466 g/mol. The highest BCUT2D eigenvalue weighted by Crippen LogP contribution is 2.36. The van der Waals surface area contributed by atoms with E-state index in [9.17, 15) is 41.0 Å². The first-order valence-electron chi connectivity index (χ1n) is 6.66. The molecule has 150 valence electrons. The first-order valence-corrected chi connectivity index (χ1v) is 7.45. The fourth-order valence-electron chi connectivity index (χ4n) is 1.59. The molecule has 1 rings (SSSR count). The Morgan fingerprint density at radius 2 is 1.56 bits per heavy atom. The number of carbonyl (C=O) groups is 2. The van der Waals surface area contributed by atoms with Crippen LogP contribution in [0.2, 0.25) is 0 Å². The van der Waals surface area contributed by atoms with E-state index >= 15 is 0 Å². The van der Waals surface area contributed by atoms with Gasteiger partial charge in [-0.05, 0) is 24.3 Å². The van der Waals surface area contributed by atoms with Gasteiger partial charge in [-0.25, -0.2) is 4.79 Å². The van der Waals surface area contributed by atoms with E-state index in [4.69, 9.17) is 0 Å². The molecule has 0 radical (unpaired) electrons. The number of halogens is 7. The Hall–Kier alpha value is -2.44. The Morgan fingerprint density at radius 3 is 1.96 bits per heavy atom. The lowest BCUT2D eigenvalue weighted by Crippen LogP contribution is -2.46. The maximum Gasteiger partial charge on any atom is 0.434 e. The molecule has 1 amide bonds. The van der Waals surface area contributed by atoms with E-state index in [0.717, 1.165) is 7.11 Å². The summed E-state index contributed by atoms with van der Waals surface area (Å²) in [6.07, 6.45) is -16.5. The van der Waals surface area contributed by atoms with Gasteiger partial charge in [0.25, 0.3) is 18.0 Å². The number of benzene rings is 1. The predicted molar refractivity (Wildman–Crippen MR) is 81.4 cm³/mol. The van der Waals surface area contributed by atoms with E-state index < -0.39 is 41.9 Å². The summed E-state index contributed by atoms with van der Waals surface area (Å²) in [5, 5.41) is 11.4. The number of carbonyl (C=O) groups excluding carboxylic acids is 2. The van der Waals surface area contributed by atoms with Gasteiger partial charge < -0.3 is 19.9 Å². The molecule has 0 saturated carbocycles. The zero-order valence-corrected chi connectivity index (χ0v) is 14.7. The molecule has 0 aliphatic carbocycles. The van der Waals surface area contributed by atoms with Crippen molar-refractivity contribution in [1.29, 1.82) is 0 Å². The Kier molecular flexibility index (Phi) is 7.11. The number of amides is 1. The van der Waals surface area contributed by atoms with Gasteiger partial charge in [0.1, 0.15) is 0 Å². The normalized spacial score (nSPS) is 13.1. The van der Waals surface area contributed by atoms with Gasteiger partial charge in [-0.3, -0.25) is 4.79 Å². The molecule has 6 nitrogen and oxygen atoms in total. The van der Waals surface area contributed by atoms with E-state index in [1.54, 1.807) is 0 Å². The van der Waals surface area contributed by atoms with Crippen LogP contribution in [0.4, 0.5) is 32.0 Å². The molecular formula is C14H10BrF6NO5. The SMILES string of the molecule is COC(O)=C(C(=O)Nc1ccc(Br)cc1)C(=O)OC(C(F)(F)F)C(F)(F)F. The minimum Gasteiger partial charge on any atom is -0.480 e. The maximum atomic E-state index is 12.5. The molecule has 0 atom stereocenters. The van der Waals surface area contributed by atoms with Crippen molar-refractivity contribution in [3.63, 3.8) is 0 Å². The van der Waals surface area contributed by atoms with Gasteiger partial charge >= 0.3 is 18.3 Å². The van der Waals surface area contributed by atoms with Gasteiger partial charge in [-0.2, -0.15) is 26.3 Å². The van der Waals surface area contributed by atoms with Crippen molar-refractivity contribution in [3.8, 4) is 0 Å². The minimum absolute atomic E-state index is 0.0144. The summed E-state index contributed by atoms with van der Waals surface area (Å²) in [4.78, 5) is 23.8. The third-order valence-electron chi connectivity index (χ3n) is 2.76. The van der Waals surface area contributed by atoms with E-state index in [-0.39, 0.29) is 5.69 Å². The molecule has 0 aliphatic rings. The highest BCUT2D eigenvalue weighted by molar-refractivity contribution is 9.10. The number of methoxy groups -OCH3 is 1. The lowest BCUT2D eigenvalue weighted by Gasteiger charge is -2.23. The van der Waals surface area contributed by atoms with Crippen LogP contribution in [-0.2, 0) is 19.1 Å². The molecule has 0 bridgehead atoms. The topological polar surface area (TPSA) is 84.9 Å². The molecule has 0 fully saturated rings. The van der Waals surface area contributed by atoms with Crippen LogP contribution in [0.1, 0.15) is 0 Å². The third kappa shape index (κ3) is 6.34. The van der Waals surface area contributed by atoms with Gasteiger partial charge in [0.15, 0.2) is 0 Å². The summed E-state index contributed by atoms with van der Waals surface area (Å²) < 4.78 is 83.1. The molecule has 0 heterocycles. The van der Waals surface area contributed by atoms with Crippen molar-refractivity contribution in [1.82, 2.24) is 0 Å². The molecule has 13 heteroatoms. The van der Waals surface area contributed by atoms with Gasteiger partial charge in [0, 0.05) is 10.2 Å². The molecule has 0 unspecified atom stereocenters. The van der Waals surface area contributed by atoms with Gasteiger partial charge in [-0.1, -0.05) is 15.9 Å². The molecule has 0 spiro atoms. The molecular weight excluding hydrogens is 456 g/mol. The van der Waals surface area contributed by atoms with Crippen molar-refractivity contribution in [2.24, 2.45) is 0 Å². The number of ether oxygens (including phenoxy) is 2. The lowest BCUT2D eigenvalue weighted by atomic mass is 10.2. The predicted octanol–water partition coefficient (Wildman–Crippen LogP) is 3.84. The number of alkyl halides is 6. The van der Waals surface area contributed by atoms with Crippen LogP contribution in [-0.4, -0.2) is 42.5 Å². The lowest BCUT2D eigenvalue weighted by molar-refractivity contribution is -0.312. The fourth-order valence-corrected chi connectivity index (χ4v) is 1.86. The molecule has 0 aromatic heterocycles. The Labute approximate surface area is 155 Å². The number of nitrogens with one attached hydrogen (secondary N) is 1. The molecule has 0 aliphatic heterocycles. The van der Waals surface area contributed by atoms with E-state index in [1.807, 2.05) is 5.32 Å². The first kappa shape index (κ1) is 22.6. The molecule has 27 heavy (non-hydrogen) atoms. The molecule has 2 N–H and O–H groups in total. The number of rotatable bonds is 5. The molecule has 1 aromatic carbocycles. The Morgan fingerprint density at radius 1 is 1.07 bits per heavy atom. The Bertz CT molecular complexity index is 715. The smallest absolute Gasteiger partial charge is 0.434 e. The maximum absolute atomic E-state index is 12.5. The number of anilines is 1. The number of esters is 1.